The van der Waals surface area contributed by atoms with Gasteiger partial charge in [-0.15, -0.1) is 0 Å². The third-order valence-electron chi connectivity index (χ3n) is 3.75. The minimum absolute atomic E-state index is 1.06. The van der Waals surface area contributed by atoms with Crippen LogP contribution in [0.1, 0.15) is 24.6 Å². The van der Waals surface area contributed by atoms with Gasteiger partial charge in [-0.2, -0.15) is 0 Å². The molecule has 0 N–H and O–H groups in total. The molecule has 0 unspecified atom stereocenters. The van der Waals surface area contributed by atoms with E-state index in [2.05, 4.69) is 97.3 Å². The van der Waals surface area contributed by atoms with Crippen LogP contribution in [0.3, 0.4) is 0 Å². The van der Waals surface area contributed by atoms with E-state index in [1.807, 2.05) is 0 Å². The zero-order valence-corrected chi connectivity index (χ0v) is 13.2. The largest absolute Gasteiger partial charge is 0.310 e. The minimum Gasteiger partial charge on any atom is -0.310 e. The molecule has 22 heavy (non-hydrogen) atoms. The Balaban J connectivity index is 2.17. The second-order valence-electron chi connectivity index (χ2n) is 5.50. The highest BCUT2D eigenvalue weighted by Gasteiger charge is 2.08. The van der Waals surface area contributed by atoms with Crippen LogP contribution >= 0.6 is 0 Å². The van der Waals surface area contributed by atoms with E-state index in [0.717, 1.165) is 6.42 Å². The summed E-state index contributed by atoms with van der Waals surface area (Å²) >= 11 is 0. The lowest BCUT2D eigenvalue weighted by Gasteiger charge is -2.08. The maximum Gasteiger partial charge on any atom is 0.0534 e. The molecule has 3 rings (SSSR count). The van der Waals surface area contributed by atoms with Crippen molar-refractivity contribution in [3.8, 4) is 5.69 Å². The van der Waals surface area contributed by atoms with Gasteiger partial charge >= 0.3 is 0 Å². The summed E-state index contributed by atoms with van der Waals surface area (Å²) in [6, 6.07) is 19.4. The summed E-state index contributed by atoms with van der Waals surface area (Å²) in [7, 11) is 0. The number of nitrogens with zero attached hydrogens (tertiary/aromatic N) is 1. The molecule has 3 aromatic rings. The standard InChI is InChI=1S/C21H21N/c1-3-4-5-7-12-20-16-18-15-17(2)13-14-21(18)22(20)19-10-8-6-9-11-19/h4-16H,3H2,1-2H3/b5-4-,12-7-. The van der Waals surface area contributed by atoms with Crippen LogP contribution in [0, 0.1) is 6.92 Å². The van der Waals surface area contributed by atoms with Crippen LogP contribution in [-0.2, 0) is 0 Å². The van der Waals surface area contributed by atoms with Crippen LogP contribution in [0.15, 0.2) is 72.8 Å². The molecule has 0 saturated carbocycles. The van der Waals surface area contributed by atoms with Crippen LogP contribution in [0.2, 0.25) is 0 Å². The number of hydrogen-bond donors (Lipinski definition) is 0. The molecule has 0 radical (unpaired) electrons. The average Bonchev–Trinajstić information content (AvgIpc) is 2.89. The first-order valence-electron chi connectivity index (χ1n) is 7.80. The highest BCUT2D eigenvalue weighted by molar-refractivity contribution is 5.86. The molecule has 110 valence electrons. The van der Waals surface area contributed by atoms with Crippen LogP contribution < -0.4 is 0 Å². The topological polar surface area (TPSA) is 4.93 Å². The third-order valence-corrected chi connectivity index (χ3v) is 3.75. The summed E-state index contributed by atoms with van der Waals surface area (Å²) in [5, 5.41) is 1.28. The molecule has 1 aromatic heterocycles. The van der Waals surface area contributed by atoms with Crippen molar-refractivity contribution >= 4 is 17.0 Å². The Morgan fingerprint density at radius 3 is 2.55 bits per heavy atom. The molecular weight excluding hydrogens is 266 g/mol. The minimum atomic E-state index is 1.06. The van der Waals surface area contributed by atoms with Gasteiger partial charge < -0.3 is 4.57 Å². The molecule has 0 spiro atoms. The van der Waals surface area contributed by atoms with E-state index in [4.69, 9.17) is 0 Å². The van der Waals surface area contributed by atoms with Crippen LogP contribution in [0.5, 0.6) is 0 Å². The van der Waals surface area contributed by atoms with Gasteiger partial charge in [0.2, 0.25) is 0 Å². The molecule has 0 saturated heterocycles. The van der Waals surface area contributed by atoms with Gasteiger partial charge in [0.15, 0.2) is 0 Å². The fourth-order valence-corrected chi connectivity index (χ4v) is 2.71. The first kappa shape index (κ1) is 14.4. The van der Waals surface area contributed by atoms with Crippen molar-refractivity contribution in [3.63, 3.8) is 0 Å². The maximum atomic E-state index is 2.31. The van der Waals surface area contributed by atoms with Crippen molar-refractivity contribution < 1.29 is 0 Å². The Kier molecular flexibility index (Phi) is 4.24. The second-order valence-corrected chi connectivity index (χ2v) is 5.50. The van der Waals surface area contributed by atoms with Crippen molar-refractivity contribution in [1.82, 2.24) is 4.57 Å². The lowest BCUT2D eigenvalue weighted by Crippen LogP contribution is -1.95. The molecule has 0 bridgehead atoms. The zero-order chi connectivity index (χ0) is 15.4. The third kappa shape index (κ3) is 2.89. The molecule has 1 heterocycles. The van der Waals surface area contributed by atoms with Gasteiger partial charge in [0, 0.05) is 16.8 Å². The predicted molar refractivity (Wildman–Crippen MR) is 96.5 cm³/mol. The Bertz CT molecular complexity index is 820. The SMILES string of the molecule is CC/C=C\C=C/c1cc2cc(C)ccc2n1-c1ccccc1. The molecule has 0 fully saturated rings. The summed E-state index contributed by atoms with van der Waals surface area (Å²) in [4.78, 5) is 0. The van der Waals surface area contributed by atoms with E-state index < -0.39 is 0 Å². The molecule has 0 aliphatic heterocycles. The van der Waals surface area contributed by atoms with E-state index in [0.29, 0.717) is 0 Å². The van der Waals surface area contributed by atoms with E-state index in [1.54, 1.807) is 0 Å². The average molecular weight is 287 g/mol. The number of allylic oxidation sites excluding steroid dienone is 3. The number of hydrogen-bond acceptors (Lipinski definition) is 0. The lowest BCUT2D eigenvalue weighted by atomic mass is 10.2. The highest BCUT2D eigenvalue weighted by atomic mass is 15.0. The molecular formula is C21H21N. The van der Waals surface area contributed by atoms with Gasteiger partial charge in [0.25, 0.3) is 0 Å². The Labute approximate surface area is 132 Å². The van der Waals surface area contributed by atoms with Gasteiger partial charge in [-0.3, -0.25) is 0 Å². The van der Waals surface area contributed by atoms with Gasteiger partial charge in [-0.1, -0.05) is 55.0 Å². The molecule has 0 aliphatic rings. The van der Waals surface area contributed by atoms with Crippen molar-refractivity contribution in [3.05, 3.63) is 84.1 Å². The molecule has 0 atom stereocenters. The molecule has 0 amide bonds. The lowest BCUT2D eigenvalue weighted by molar-refractivity contribution is 1.11. The summed E-state index contributed by atoms with van der Waals surface area (Å²) < 4.78 is 2.31. The van der Waals surface area contributed by atoms with Crippen LogP contribution in [-0.4, -0.2) is 4.57 Å². The van der Waals surface area contributed by atoms with Gasteiger partial charge in [-0.05, 0) is 49.8 Å². The summed E-state index contributed by atoms with van der Waals surface area (Å²) in [6.45, 7) is 4.28. The Morgan fingerprint density at radius 1 is 0.955 bits per heavy atom. The van der Waals surface area contributed by atoms with E-state index >= 15 is 0 Å². The number of fused-ring (bicyclic) bond motifs is 1. The monoisotopic (exact) mass is 287 g/mol. The molecule has 1 nitrogen and oxygen atoms in total. The summed E-state index contributed by atoms with van der Waals surface area (Å²) in [6.07, 6.45) is 9.62. The number of rotatable bonds is 4. The number of aromatic nitrogens is 1. The van der Waals surface area contributed by atoms with E-state index in [9.17, 15) is 0 Å². The zero-order valence-electron chi connectivity index (χ0n) is 13.2. The van der Waals surface area contributed by atoms with E-state index in [-0.39, 0.29) is 0 Å². The van der Waals surface area contributed by atoms with Crippen LogP contribution in [0.25, 0.3) is 22.7 Å². The number of para-hydroxylation sites is 1. The van der Waals surface area contributed by atoms with Crippen LogP contribution in [0.4, 0.5) is 0 Å². The van der Waals surface area contributed by atoms with Crippen molar-refractivity contribution in [1.29, 1.82) is 0 Å². The Morgan fingerprint density at radius 2 is 1.77 bits per heavy atom. The first-order chi connectivity index (χ1) is 10.8. The number of benzene rings is 2. The second kappa shape index (κ2) is 6.48. The fourth-order valence-electron chi connectivity index (χ4n) is 2.71. The highest BCUT2D eigenvalue weighted by Crippen LogP contribution is 2.26. The van der Waals surface area contributed by atoms with Gasteiger partial charge in [-0.25, -0.2) is 0 Å². The number of aryl methyl sites for hydroxylation is 1. The molecule has 0 aliphatic carbocycles. The predicted octanol–water partition coefficient (Wildman–Crippen LogP) is 5.92. The fraction of sp³-hybridized carbons (Fsp3) is 0.143. The van der Waals surface area contributed by atoms with Crippen molar-refractivity contribution in [2.45, 2.75) is 20.3 Å². The van der Waals surface area contributed by atoms with Crippen molar-refractivity contribution in [2.24, 2.45) is 0 Å². The van der Waals surface area contributed by atoms with E-state index in [1.165, 1.54) is 27.8 Å². The normalized spacial score (nSPS) is 11.9. The van der Waals surface area contributed by atoms with Gasteiger partial charge in [0.05, 0.1) is 5.52 Å². The molecule has 2 aromatic carbocycles. The first-order valence-corrected chi connectivity index (χ1v) is 7.80. The quantitative estimate of drug-likeness (QED) is 0.525. The van der Waals surface area contributed by atoms with Crippen molar-refractivity contribution in [2.75, 3.05) is 0 Å². The molecule has 1 heteroatoms. The Hall–Kier alpha value is -2.54. The maximum absolute atomic E-state index is 2.31. The summed E-state index contributed by atoms with van der Waals surface area (Å²) in [5.74, 6) is 0. The smallest absolute Gasteiger partial charge is 0.0534 e. The van der Waals surface area contributed by atoms with Gasteiger partial charge in [0.1, 0.15) is 0 Å². The summed E-state index contributed by atoms with van der Waals surface area (Å²) in [5.41, 5.74) is 4.93.